The highest BCUT2D eigenvalue weighted by molar-refractivity contribution is 5.83. The monoisotopic (exact) mass is 356 g/mol. The molecule has 0 bridgehead atoms. The molecular formula is C18H20N4O4. The fraction of sp³-hybridized carbons (Fsp3) is 0.222. The van der Waals surface area contributed by atoms with Crippen LogP contribution in [-0.2, 0) is 4.79 Å². The molecule has 0 aliphatic carbocycles. The Morgan fingerprint density at radius 1 is 1.27 bits per heavy atom. The number of nitrogens with one attached hydrogen (secondary N) is 2. The number of carbonyl (C=O) groups is 1. The largest absolute Gasteiger partial charge is 0.497 e. The van der Waals surface area contributed by atoms with E-state index < -0.39 is 4.92 Å². The van der Waals surface area contributed by atoms with E-state index in [4.69, 9.17) is 4.74 Å². The molecule has 1 amide bonds. The predicted molar refractivity (Wildman–Crippen MR) is 99.6 cm³/mol. The van der Waals surface area contributed by atoms with E-state index >= 15 is 0 Å². The van der Waals surface area contributed by atoms with Crippen molar-refractivity contribution in [2.45, 2.75) is 12.8 Å². The number of nitrogens with zero attached hydrogens (tertiary/aromatic N) is 2. The molecule has 0 fully saturated rings. The third-order valence-electron chi connectivity index (χ3n) is 3.48. The predicted octanol–water partition coefficient (Wildman–Crippen LogP) is 2.95. The van der Waals surface area contributed by atoms with E-state index in [9.17, 15) is 14.9 Å². The summed E-state index contributed by atoms with van der Waals surface area (Å²) < 4.78 is 5.09. The lowest BCUT2D eigenvalue weighted by atomic mass is 10.2. The zero-order chi connectivity index (χ0) is 18.8. The molecule has 26 heavy (non-hydrogen) atoms. The van der Waals surface area contributed by atoms with Crippen LogP contribution >= 0.6 is 0 Å². The number of ether oxygens (including phenoxy) is 1. The van der Waals surface area contributed by atoms with E-state index in [1.165, 1.54) is 18.3 Å². The van der Waals surface area contributed by atoms with Crippen molar-refractivity contribution >= 4 is 23.5 Å². The highest BCUT2D eigenvalue weighted by Crippen LogP contribution is 2.15. The van der Waals surface area contributed by atoms with E-state index in [0.29, 0.717) is 24.9 Å². The summed E-state index contributed by atoms with van der Waals surface area (Å²) in [4.78, 5) is 21.9. The summed E-state index contributed by atoms with van der Waals surface area (Å²) >= 11 is 0. The zero-order valence-electron chi connectivity index (χ0n) is 14.3. The van der Waals surface area contributed by atoms with E-state index in [0.717, 1.165) is 11.4 Å². The number of rotatable bonds is 9. The second-order valence-corrected chi connectivity index (χ2v) is 5.40. The van der Waals surface area contributed by atoms with Crippen LogP contribution in [0.3, 0.4) is 0 Å². The van der Waals surface area contributed by atoms with Gasteiger partial charge in [-0.05, 0) is 30.7 Å². The van der Waals surface area contributed by atoms with Gasteiger partial charge in [0.1, 0.15) is 5.75 Å². The van der Waals surface area contributed by atoms with Crippen molar-refractivity contribution in [2.24, 2.45) is 5.10 Å². The van der Waals surface area contributed by atoms with Crippen LogP contribution in [0.4, 0.5) is 11.4 Å². The quantitative estimate of drug-likeness (QED) is 0.311. The minimum atomic E-state index is -0.480. The van der Waals surface area contributed by atoms with E-state index in [1.807, 2.05) is 24.3 Å². The third kappa shape index (κ3) is 6.23. The first-order valence-electron chi connectivity index (χ1n) is 8.03. The standard InChI is InChI=1S/C18H20N4O4/c1-26-17-9-7-15(8-10-17)19-11-3-6-18(23)21-20-13-14-4-2-5-16(12-14)22(24)25/h2,4-5,7-10,12-13,19H,3,6,11H2,1H3,(H,21,23)/b20-13-. The molecule has 0 unspecified atom stereocenters. The first kappa shape index (κ1) is 18.9. The summed E-state index contributed by atoms with van der Waals surface area (Å²) in [5.41, 5.74) is 3.88. The molecule has 2 aromatic rings. The summed E-state index contributed by atoms with van der Waals surface area (Å²) in [5.74, 6) is 0.569. The van der Waals surface area contributed by atoms with Crippen LogP contribution in [0.15, 0.2) is 53.6 Å². The molecule has 0 heterocycles. The number of nitro benzene ring substituents is 1. The second kappa shape index (κ2) is 9.77. The maximum absolute atomic E-state index is 11.7. The van der Waals surface area contributed by atoms with Gasteiger partial charge in [0, 0.05) is 36.3 Å². The number of hydrogen-bond acceptors (Lipinski definition) is 6. The number of nitro groups is 1. The summed E-state index contributed by atoms with van der Waals surface area (Å²) in [6.45, 7) is 0.647. The van der Waals surface area contributed by atoms with Crippen molar-refractivity contribution in [3.63, 3.8) is 0 Å². The summed E-state index contributed by atoms with van der Waals surface area (Å²) in [6, 6.07) is 13.5. The van der Waals surface area contributed by atoms with Crippen LogP contribution < -0.4 is 15.5 Å². The number of benzene rings is 2. The molecule has 0 aliphatic rings. The van der Waals surface area contributed by atoms with Crippen LogP contribution in [0.1, 0.15) is 18.4 Å². The Kier molecular flexibility index (Phi) is 7.11. The first-order valence-corrected chi connectivity index (χ1v) is 8.03. The van der Waals surface area contributed by atoms with Gasteiger partial charge in [0.2, 0.25) is 5.91 Å². The molecule has 2 N–H and O–H groups in total. The van der Waals surface area contributed by atoms with E-state index in [-0.39, 0.29) is 11.6 Å². The number of hydrazone groups is 1. The Labute approximate surface area is 151 Å². The third-order valence-corrected chi connectivity index (χ3v) is 3.48. The fourth-order valence-electron chi connectivity index (χ4n) is 2.14. The smallest absolute Gasteiger partial charge is 0.270 e. The number of amides is 1. The summed E-state index contributed by atoms with van der Waals surface area (Å²) in [6.07, 6.45) is 2.33. The van der Waals surface area contributed by atoms with Gasteiger partial charge in [0.25, 0.3) is 5.69 Å². The SMILES string of the molecule is COc1ccc(NCCCC(=O)N/N=C\c2cccc([N+](=O)[O-])c2)cc1. The Hall–Kier alpha value is -3.42. The topological polar surface area (TPSA) is 106 Å². The molecule has 0 saturated carbocycles. The van der Waals surface area contributed by atoms with Crippen molar-refractivity contribution in [1.82, 2.24) is 5.43 Å². The first-order chi connectivity index (χ1) is 12.6. The zero-order valence-corrected chi connectivity index (χ0v) is 14.3. The lowest BCUT2D eigenvalue weighted by Gasteiger charge is -2.06. The number of anilines is 1. The van der Waals surface area contributed by atoms with Gasteiger partial charge in [0.15, 0.2) is 0 Å². The normalized spacial score (nSPS) is 10.5. The van der Waals surface area contributed by atoms with Crippen molar-refractivity contribution in [3.8, 4) is 5.75 Å². The van der Waals surface area contributed by atoms with Gasteiger partial charge in [-0.1, -0.05) is 12.1 Å². The highest BCUT2D eigenvalue weighted by Gasteiger charge is 2.04. The Bertz CT molecular complexity index is 775. The molecule has 2 rings (SSSR count). The molecule has 2 aromatic carbocycles. The fourth-order valence-corrected chi connectivity index (χ4v) is 2.14. The van der Waals surface area contributed by atoms with Crippen LogP contribution in [0, 0.1) is 10.1 Å². The van der Waals surface area contributed by atoms with E-state index in [2.05, 4.69) is 15.8 Å². The minimum absolute atomic E-state index is 0.0233. The van der Waals surface area contributed by atoms with Gasteiger partial charge < -0.3 is 10.1 Å². The lowest BCUT2D eigenvalue weighted by molar-refractivity contribution is -0.384. The van der Waals surface area contributed by atoms with Crippen molar-refractivity contribution in [3.05, 3.63) is 64.2 Å². The average molecular weight is 356 g/mol. The van der Waals surface area contributed by atoms with Crippen LogP contribution in [0.5, 0.6) is 5.75 Å². The van der Waals surface area contributed by atoms with Crippen molar-refractivity contribution < 1.29 is 14.5 Å². The summed E-state index contributed by atoms with van der Waals surface area (Å²) in [5, 5.41) is 17.7. The van der Waals surface area contributed by atoms with Crippen molar-refractivity contribution in [2.75, 3.05) is 19.0 Å². The average Bonchev–Trinajstić information content (AvgIpc) is 2.66. The van der Waals surface area contributed by atoms with Gasteiger partial charge in [-0.2, -0.15) is 5.10 Å². The molecule has 0 saturated heterocycles. The van der Waals surface area contributed by atoms with E-state index in [1.54, 1.807) is 19.2 Å². The molecule has 0 aromatic heterocycles. The molecule has 8 heteroatoms. The molecule has 136 valence electrons. The lowest BCUT2D eigenvalue weighted by Crippen LogP contribution is -2.18. The van der Waals surface area contributed by atoms with Gasteiger partial charge in [-0.25, -0.2) is 5.43 Å². The molecule has 0 atom stereocenters. The van der Waals surface area contributed by atoms with Gasteiger partial charge in [-0.3, -0.25) is 14.9 Å². The number of carbonyl (C=O) groups excluding carboxylic acids is 1. The van der Waals surface area contributed by atoms with Crippen LogP contribution in [-0.4, -0.2) is 30.7 Å². The number of non-ortho nitro benzene ring substituents is 1. The van der Waals surface area contributed by atoms with Gasteiger partial charge >= 0.3 is 0 Å². The Balaban J connectivity index is 1.68. The summed E-state index contributed by atoms with van der Waals surface area (Å²) in [7, 11) is 1.61. The minimum Gasteiger partial charge on any atom is -0.497 e. The molecule has 0 spiro atoms. The maximum Gasteiger partial charge on any atom is 0.270 e. The molecule has 0 radical (unpaired) electrons. The van der Waals surface area contributed by atoms with Crippen LogP contribution in [0.25, 0.3) is 0 Å². The Morgan fingerprint density at radius 2 is 2.04 bits per heavy atom. The molecule has 0 aliphatic heterocycles. The highest BCUT2D eigenvalue weighted by atomic mass is 16.6. The molecular weight excluding hydrogens is 336 g/mol. The van der Waals surface area contributed by atoms with Crippen LogP contribution in [0.2, 0.25) is 0 Å². The van der Waals surface area contributed by atoms with Gasteiger partial charge in [-0.15, -0.1) is 0 Å². The van der Waals surface area contributed by atoms with Crippen molar-refractivity contribution in [1.29, 1.82) is 0 Å². The second-order valence-electron chi connectivity index (χ2n) is 5.40. The maximum atomic E-state index is 11.7. The number of hydrogen-bond donors (Lipinski definition) is 2. The Morgan fingerprint density at radius 3 is 2.73 bits per heavy atom. The molecule has 8 nitrogen and oxygen atoms in total. The number of methoxy groups -OCH3 is 1. The van der Waals surface area contributed by atoms with Gasteiger partial charge in [0.05, 0.1) is 18.2 Å².